The molecular weight excluding hydrogens is 390 g/mol. The molecule has 0 aliphatic carbocycles. The van der Waals surface area contributed by atoms with Crippen LogP contribution >= 0.6 is 0 Å². The Morgan fingerprint density at radius 2 is 1.42 bits per heavy atom. The molecule has 1 fully saturated rings. The van der Waals surface area contributed by atoms with Gasteiger partial charge in [-0.25, -0.2) is 0 Å². The molecule has 2 aromatic rings. The molecule has 0 saturated carbocycles. The maximum atomic E-state index is 13.4. The van der Waals surface area contributed by atoms with Crippen LogP contribution in [0.5, 0.6) is 0 Å². The Morgan fingerprint density at radius 1 is 0.806 bits per heavy atom. The third-order valence-electron chi connectivity index (χ3n) is 5.80. The maximum absolute atomic E-state index is 13.4. The number of ether oxygens (including phenoxy) is 1. The predicted molar refractivity (Wildman–Crippen MR) is 121 cm³/mol. The minimum absolute atomic E-state index is 0.187. The molecule has 0 radical (unpaired) electrons. The molecule has 2 aromatic carbocycles. The average Bonchev–Trinajstić information content (AvgIpc) is 3.07. The molecule has 6 nitrogen and oxygen atoms in total. The molecule has 1 saturated heterocycles. The summed E-state index contributed by atoms with van der Waals surface area (Å²) >= 11 is 0. The number of nitrogens with zero attached hydrogens (tertiary/aromatic N) is 3. The molecule has 4 rings (SSSR count). The van der Waals surface area contributed by atoms with Crippen molar-refractivity contribution in [2.75, 3.05) is 50.8 Å². The van der Waals surface area contributed by atoms with Crippen LogP contribution in [0.15, 0.2) is 66.4 Å². The van der Waals surface area contributed by atoms with Gasteiger partial charge in [-0.1, -0.05) is 48.5 Å². The number of piperazine rings is 1. The van der Waals surface area contributed by atoms with Gasteiger partial charge in [0.2, 0.25) is 0 Å². The highest BCUT2D eigenvalue weighted by Crippen LogP contribution is 2.32. The van der Waals surface area contributed by atoms with E-state index in [4.69, 9.17) is 4.74 Å². The summed E-state index contributed by atoms with van der Waals surface area (Å²) in [5.74, 6) is -0.387. The predicted octanol–water partition coefficient (Wildman–Crippen LogP) is 3.02. The molecule has 0 spiro atoms. The van der Waals surface area contributed by atoms with Crippen LogP contribution in [0.1, 0.15) is 18.9 Å². The fourth-order valence-corrected chi connectivity index (χ4v) is 4.22. The molecule has 0 bridgehead atoms. The number of para-hydroxylation sites is 1. The SMILES string of the molecule is CCOCCCN1C(=O)C(c2ccccc2)=C(N2CCN(c3ccccc3)CC2)C1=O. The minimum atomic E-state index is -0.201. The van der Waals surface area contributed by atoms with E-state index in [0.29, 0.717) is 50.5 Å². The van der Waals surface area contributed by atoms with Crippen molar-refractivity contribution in [3.8, 4) is 0 Å². The highest BCUT2D eigenvalue weighted by molar-refractivity contribution is 6.35. The number of hydrogen-bond acceptors (Lipinski definition) is 5. The minimum Gasteiger partial charge on any atom is -0.382 e. The van der Waals surface area contributed by atoms with Crippen molar-refractivity contribution >= 4 is 23.1 Å². The number of imide groups is 1. The molecule has 0 unspecified atom stereocenters. The molecule has 162 valence electrons. The van der Waals surface area contributed by atoms with Gasteiger partial charge in [0, 0.05) is 51.6 Å². The topological polar surface area (TPSA) is 53.1 Å². The molecule has 6 heteroatoms. The van der Waals surface area contributed by atoms with Gasteiger partial charge in [0.05, 0.1) is 5.57 Å². The average molecular weight is 420 g/mol. The zero-order valence-electron chi connectivity index (χ0n) is 18.0. The first-order valence-electron chi connectivity index (χ1n) is 11.0. The van der Waals surface area contributed by atoms with Crippen LogP contribution in [-0.4, -0.2) is 67.6 Å². The van der Waals surface area contributed by atoms with Crippen molar-refractivity contribution < 1.29 is 14.3 Å². The molecular formula is C25H29N3O3. The van der Waals surface area contributed by atoms with Crippen LogP contribution in [0.2, 0.25) is 0 Å². The van der Waals surface area contributed by atoms with Crippen LogP contribution in [0.4, 0.5) is 5.69 Å². The van der Waals surface area contributed by atoms with Gasteiger partial charge < -0.3 is 14.5 Å². The Bertz CT molecular complexity index is 935. The third-order valence-corrected chi connectivity index (χ3v) is 5.80. The normalized spacial score (nSPS) is 17.1. The van der Waals surface area contributed by atoms with Crippen molar-refractivity contribution in [2.45, 2.75) is 13.3 Å². The molecule has 31 heavy (non-hydrogen) atoms. The molecule has 2 amide bonds. The number of benzene rings is 2. The maximum Gasteiger partial charge on any atom is 0.277 e. The lowest BCUT2D eigenvalue weighted by atomic mass is 10.0. The monoisotopic (exact) mass is 419 g/mol. The van der Waals surface area contributed by atoms with Gasteiger partial charge in [-0.2, -0.15) is 0 Å². The van der Waals surface area contributed by atoms with Gasteiger partial charge in [-0.15, -0.1) is 0 Å². The van der Waals surface area contributed by atoms with E-state index in [1.807, 2.05) is 55.5 Å². The quantitative estimate of drug-likeness (QED) is 0.486. The Kier molecular flexibility index (Phi) is 6.67. The van der Waals surface area contributed by atoms with Crippen molar-refractivity contribution in [2.24, 2.45) is 0 Å². The van der Waals surface area contributed by atoms with E-state index < -0.39 is 0 Å². The Balaban J connectivity index is 1.56. The van der Waals surface area contributed by atoms with Crippen LogP contribution < -0.4 is 4.90 Å². The lowest BCUT2D eigenvalue weighted by molar-refractivity contribution is -0.137. The van der Waals surface area contributed by atoms with Crippen LogP contribution in [0.25, 0.3) is 5.57 Å². The molecule has 2 aliphatic heterocycles. The van der Waals surface area contributed by atoms with Crippen molar-refractivity contribution in [1.82, 2.24) is 9.80 Å². The molecule has 0 aromatic heterocycles. The van der Waals surface area contributed by atoms with Gasteiger partial charge in [-0.3, -0.25) is 14.5 Å². The lowest BCUT2D eigenvalue weighted by Crippen LogP contribution is -2.47. The number of carbonyl (C=O) groups excluding carboxylic acids is 2. The number of carbonyl (C=O) groups is 2. The smallest absolute Gasteiger partial charge is 0.277 e. The van der Waals surface area contributed by atoms with Crippen molar-refractivity contribution in [1.29, 1.82) is 0 Å². The standard InChI is InChI=1S/C25H29N3O3/c1-2-31-19-9-14-28-24(29)22(20-10-5-3-6-11-20)23(25(28)30)27-17-15-26(16-18-27)21-12-7-4-8-13-21/h3-8,10-13H,2,9,14-19H2,1H3. The van der Waals surface area contributed by atoms with E-state index in [-0.39, 0.29) is 11.8 Å². The van der Waals surface area contributed by atoms with Gasteiger partial charge in [-0.05, 0) is 31.0 Å². The van der Waals surface area contributed by atoms with Gasteiger partial charge in [0.15, 0.2) is 0 Å². The van der Waals surface area contributed by atoms with Gasteiger partial charge in [0.25, 0.3) is 11.8 Å². The molecule has 0 N–H and O–H groups in total. The second-order valence-corrected chi connectivity index (χ2v) is 7.71. The Labute approximate surface area is 183 Å². The summed E-state index contributed by atoms with van der Waals surface area (Å²) in [5, 5.41) is 0. The Morgan fingerprint density at radius 3 is 2.06 bits per heavy atom. The van der Waals surface area contributed by atoms with E-state index in [0.717, 1.165) is 18.7 Å². The first kappa shape index (κ1) is 21.1. The first-order valence-corrected chi connectivity index (χ1v) is 11.0. The van der Waals surface area contributed by atoms with Crippen molar-refractivity contribution in [3.05, 3.63) is 71.9 Å². The largest absolute Gasteiger partial charge is 0.382 e. The number of rotatable bonds is 8. The van der Waals surface area contributed by atoms with E-state index in [2.05, 4.69) is 21.9 Å². The summed E-state index contributed by atoms with van der Waals surface area (Å²) in [6.07, 6.45) is 0.641. The van der Waals surface area contributed by atoms with Gasteiger partial charge in [0.1, 0.15) is 5.70 Å². The van der Waals surface area contributed by atoms with E-state index in [1.165, 1.54) is 10.6 Å². The summed E-state index contributed by atoms with van der Waals surface area (Å²) < 4.78 is 5.39. The highest BCUT2D eigenvalue weighted by atomic mass is 16.5. The summed E-state index contributed by atoms with van der Waals surface area (Å²) in [6, 6.07) is 19.8. The zero-order valence-corrected chi connectivity index (χ0v) is 18.0. The number of anilines is 1. The fraction of sp³-hybridized carbons (Fsp3) is 0.360. The van der Waals surface area contributed by atoms with Crippen LogP contribution in [0, 0.1) is 0 Å². The Hall–Kier alpha value is -3.12. The van der Waals surface area contributed by atoms with Crippen LogP contribution in [-0.2, 0) is 14.3 Å². The van der Waals surface area contributed by atoms with Crippen molar-refractivity contribution in [3.63, 3.8) is 0 Å². The second kappa shape index (κ2) is 9.79. The first-order chi connectivity index (χ1) is 15.2. The summed E-state index contributed by atoms with van der Waals surface area (Å²) in [6.45, 7) is 6.50. The van der Waals surface area contributed by atoms with Crippen LogP contribution in [0.3, 0.4) is 0 Å². The lowest BCUT2D eigenvalue weighted by Gasteiger charge is -2.37. The molecule has 2 aliphatic rings. The second-order valence-electron chi connectivity index (χ2n) is 7.71. The number of amides is 2. The van der Waals surface area contributed by atoms with E-state index in [1.54, 1.807) is 0 Å². The molecule has 0 atom stereocenters. The van der Waals surface area contributed by atoms with E-state index in [9.17, 15) is 9.59 Å². The summed E-state index contributed by atoms with van der Waals surface area (Å²) in [5.41, 5.74) is 3.05. The fourth-order valence-electron chi connectivity index (χ4n) is 4.22. The van der Waals surface area contributed by atoms with Gasteiger partial charge >= 0.3 is 0 Å². The zero-order chi connectivity index (χ0) is 21.6. The summed E-state index contributed by atoms with van der Waals surface area (Å²) in [4.78, 5) is 32.5. The third kappa shape index (κ3) is 4.49. The van der Waals surface area contributed by atoms with E-state index >= 15 is 0 Å². The molecule has 2 heterocycles. The highest BCUT2D eigenvalue weighted by Gasteiger charge is 2.41. The number of hydrogen-bond donors (Lipinski definition) is 0. The summed E-state index contributed by atoms with van der Waals surface area (Å²) in [7, 11) is 0.